The van der Waals surface area contributed by atoms with Gasteiger partial charge < -0.3 is 19.7 Å². The summed E-state index contributed by atoms with van der Waals surface area (Å²) < 4.78 is 26.3. The minimum absolute atomic E-state index is 0.154. The van der Waals surface area contributed by atoms with Gasteiger partial charge in [0, 0.05) is 12.1 Å². The third-order valence-electron chi connectivity index (χ3n) is 4.69. The van der Waals surface area contributed by atoms with Gasteiger partial charge in [-0.1, -0.05) is 12.1 Å². The van der Waals surface area contributed by atoms with Crippen LogP contribution in [0.1, 0.15) is 38.8 Å². The number of likely N-dealkylation sites (N-methyl/N-ethyl adjacent to an activating group) is 1. The molecular formula is C18H25BFNO4. The summed E-state index contributed by atoms with van der Waals surface area (Å²) in [7, 11) is 1.19. The van der Waals surface area contributed by atoms with Crippen LogP contribution in [0.25, 0.3) is 6.08 Å². The first-order chi connectivity index (χ1) is 11.6. The van der Waals surface area contributed by atoms with Crippen molar-refractivity contribution in [3.63, 3.8) is 0 Å². The van der Waals surface area contributed by atoms with E-state index in [1.807, 2.05) is 27.7 Å². The van der Waals surface area contributed by atoms with Gasteiger partial charge in [-0.05, 0) is 57.9 Å². The van der Waals surface area contributed by atoms with E-state index in [0.717, 1.165) is 5.47 Å². The maximum absolute atomic E-state index is 14.2. The van der Waals surface area contributed by atoms with E-state index in [0.29, 0.717) is 17.7 Å². The van der Waals surface area contributed by atoms with Crippen molar-refractivity contribution >= 4 is 19.2 Å². The molecule has 1 saturated heterocycles. The van der Waals surface area contributed by atoms with E-state index in [9.17, 15) is 9.18 Å². The minimum atomic E-state index is -0.956. The van der Waals surface area contributed by atoms with Crippen molar-refractivity contribution in [3.05, 3.63) is 40.6 Å². The van der Waals surface area contributed by atoms with Gasteiger partial charge in [0.05, 0.1) is 17.6 Å². The van der Waals surface area contributed by atoms with Gasteiger partial charge in [0.25, 0.3) is 0 Å². The van der Waals surface area contributed by atoms with Gasteiger partial charge in [-0.3, -0.25) is 4.79 Å². The third kappa shape index (κ3) is 4.48. The molecule has 1 heterocycles. The lowest BCUT2D eigenvalue weighted by Gasteiger charge is -2.32. The summed E-state index contributed by atoms with van der Waals surface area (Å²) in [5, 5.41) is 12.0. The number of carbonyl (C=O) groups is 1. The van der Waals surface area contributed by atoms with Crippen molar-refractivity contribution in [1.82, 2.24) is 5.32 Å². The minimum Gasteiger partial charge on any atom is -0.481 e. The van der Waals surface area contributed by atoms with Gasteiger partial charge in [-0.15, -0.1) is 0 Å². The first-order valence-corrected chi connectivity index (χ1v) is 8.26. The van der Waals surface area contributed by atoms with Crippen molar-refractivity contribution in [1.29, 1.82) is 0 Å². The maximum Gasteiger partial charge on any atom is 0.491 e. The highest BCUT2D eigenvalue weighted by Gasteiger charge is 2.52. The molecule has 1 aromatic carbocycles. The van der Waals surface area contributed by atoms with E-state index >= 15 is 0 Å². The average Bonchev–Trinajstić information content (AvgIpc) is 2.70. The number of carboxylic acid groups (broad SMARTS) is 1. The Morgan fingerprint density at radius 2 is 1.88 bits per heavy atom. The van der Waals surface area contributed by atoms with Crippen LogP contribution in [-0.4, -0.2) is 43.0 Å². The van der Waals surface area contributed by atoms with E-state index in [1.54, 1.807) is 19.2 Å². The number of hydrogen-bond acceptors (Lipinski definition) is 4. The Hall–Kier alpha value is -1.70. The predicted molar refractivity (Wildman–Crippen MR) is 95.7 cm³/mol. The number of halogens is 1. The highest BCUT2D eigenvalue weighted by atomic mass is 19.1. The molecular weight excluding hydrogens is 324 g/mol. The number of carboxylic acids is 1. The lowest BCUT2D eigenvalue weighted by molar-refractivity contribution is -0.136. The molecule has 0 unspecified atom stereocenters. The van der Waals surface area contributed by atoms with Crippen LogP contribution >= 0.6 is 0 Å². The summed E-state index contributed by atoms with van der Waals surface area (Å²) in [5.41, 5.74) is 0.617. The summed E-state index contributed by atoms with van der Waals surface area (Å²) in [6.07, 6.45) is 1.51. The second kappa shape index (κ2) is 7.27. The molecule has 2 N–H and O–H groups in total. The van der Waals surface area contributed by atoms with Gasteiger partial charge >= 0.3 is 13.1 Å². The summed E-state index contributed by atoms with van der Waals surface area (Å²) >= 11 is 0. The standard InChI is InChI=1S/C18H25BFNO4/c1-17(2)18(3,4)25-19(24-17)14(11-21-5)10-13-8-12(9-16(22)23)6-7-15(13)20/h6-8,10,21H,9,11H2,1-5H3,(H,22,23). The first kappa shape index (κ1) is 19.6. The first-order valence-electron chi connectivity index (χ1n) is 8.26. The molecule has 5 nitrogen and oxygen atoms in total. The van der Waals surface area contributed by atoms with Gasteiger partial charge in [0.2, 0.25) is 0 Å². The van der Waals surface area contributed by atoms with Gasteiger partial charge in [0.15, 0.2) is 0 Å². The average molecular weight is 349 g/mol. The third-order valence-corrected chi connectivity index (χ3v) is 4.69. The molecule has 1 aromatic rings. The lowest BCUT2D eigenvalue weighted by Crippen LogP contribution is -2.41. The van der Waals surface area contributed by atoms with E-state index in [4.69, 9.17) is 14.4 Å². The zero-order valence-electron chi connectivity index (χ0n) is 15.4. The van der Waals surface area contributed by atoms with Crippen LogP contribution in [0.2, 0.25) is 0 Å². The molecule has 0 aliphatic carbocycles. The summed E-state index contributed by atoms with van der Waals surface area (Å²) in [6.45, 7) is 8.28. The van der Waals surface area contributed by atoms with Crippen molar-refractivity contribution < 1.29 is 23.6 Å². The number of aliphatic carboxylic acids is 1. The van der Waals surface area contributed by atoms with Crippen molar-refractivity contribution in [2.24, 2.45) is 0 Å². The Balaban J connectivity index is 2.36. The fourth-order valence-corrected chi connectivity index (χ4v) is 2.59. The Morgan fingerprint density at radius 3 is 2.40 bits per heavy atom. The molecule has 0 atom stereocenters. The van der Waals surface area contributed by atoms with Gasteiger partial charge in [0.1, 0.15) is 5.82 Å². The lowest BCUT2D eigenvalue weighted by atomic mass is 9.77. The molecule has 0 bridgehead atoms. The molecule has 0 aromatic heterocycles. The van der Waals surface area contributed by atoms with Crippen molar-refractivity contribution in [2.45, 2.75) is 45.3 Å². The molecule has 136 valence electrons. The smallest absolute Gasteiger partial charge is 0.481 e. The highest BCUT2D eigenvalue weighted by Crippen LogP contribution is 2.38. The molecule has 2 rings (SSSR count). The topological polar surface area (TPSA) is 67.8 Å². The second-order valence-electron chi connectivity index (χ2n) is 7.26. The second-order valence-corrected chi connectivity index (χ2v) is 7.26. The van der Waals surface area contributed by atoms with Crippen LogP contribution in [0.3, 0.4) is 0 Å². The Bertz CT molecular complexity index is 672. The van der Waals surface area contributed by atoms with Crippen LogP contribution in [0.4, 0.5) is 4.39 Å². The normalized spacial score (nSPS) is 19.3. The molecule has 0 radical (unpaired) electrons. The van der Waals surface area contributed by atoms with Gasteiger partial charge in [-0.2, -0.15) is 0 Å². The van der Waals surface area contributed by atoms with E-state index in [-0.39, 0.29) is 6.42 Å². The van der Waals surface area contributed by atoms with Crippen LogP contribution in [0.15, 0.2) is 23.7 Å². The predicted octanol–water partition coefficient (Wildman–Crippen LogP) is 2.69. The van der Waals surface area contributed by atoms with Crippen LogP contribution in [0.5, 0.6) is 0 Å². The van der Waals surface area contributed by atoms with Crippen molar-refractivity contribution in [2.75, 3.05) is 13.6 Å². The SMILES string of the molecule is CNCC(=Cc1cc(CC(=O)O)ccc1F)B1OC(C)(C)C(C)(C)O1. The van der Waals surface area contributed by atoms with Gasteiger partial charge in [-0.25, -0.2) is 4.39 Å². The Labute approximate surface area is 148 Å². The van der Waals surface area contributed by atoms with E-state index in [2.05, 4.69) is 5.32 Å². The molecule has 1 aliphatic rings. The number of nitrogens with one attached hydrogen (secondary N) is 1. The monoisotopic (exact) mass is 349 g/mol. The summed E-state index contributed by atoms with van der Waals surface area (Å²) in [5.74, 6) is -1.37. The molecule has 25 heavy (non-hydrogen) atoms. The Kier molecular flexibility index (Phi) is 5.71. The largest absolute Gasteiger partial charge is 0.491 e. The highest BCUT2D eigenvalue weighted by molar-refractivity contribution is 6.55. The van der Waals surface area contributed by atoms with Crippen molar-refractivity contribution in [3.8, 4) is 0 Å². The molecule has 0 saturated carbocycles. The molecule has 1 fully saturated rings. The Morgan fingerprint density at radius 1 is 1.28 bits per heavy atom. The fraction of sp³-hybridized carbons (Fsp3) is 0.500. The van der Waals surface area contributed by atoms with Crippen LogP contribution in [-0.2, 0) is 20.5 Å². The number of hydrogen-bond donors (Lipinski definition) is 2. The van der Waals surface area contributed by atoms with Crippen LogP contribution < -0.4 is 5.32 Å². The quantitative estimate of drug-likeness (QED) is 0.773. The van der Waals surface area contributed by atoms with Crippen LogP contribution in [0, 0.1) is 5.82 Å². The van der Waals surface area contributed by atoms with E-state index < -0.39 is 30.1 Å². The molecule has 0 amide bonds. The number of benzene rings is 1. The molecule has 1 aliphatic heterocycles. The maximum atomic E-state index is 14.2. The summed E-state index contributed by atoms with van der Waals surface area (Å²) in [4.78, 5) is 10.9. The fourth-order valence-electron chi connectivity index (χ4n) is 2.59. The van der Waals surface area contributed by atoms with E-state index in [1.165, 1.54) is 12.1 Å². The molecule has 7 heteroatoms. The zero-order valence-corrected chi connectivity index (χ0v) is 15.4. The zero-order chi connectivity index (χ0) is 18.8. The number of rotatable bonds is 6. The molecule has 0 spiro atoms. The summed E-state index contributed by atoms with van der Waals surface area (Å²) in [6, 6.07) is 4.31.